The fourth-order valence-electron chi connectivity index (χ4n) is 2.20. The molecular formula is C15H23NO2. The van der Waals surface area contributed by atoms with Crippen molar-refractivity contribution in [3.63, 3.8) is 0 Å². The van der Waals surface area contributed by atoms with Gasteiger partial charge in [0.25, 0.3) is 0 Å². The molecule has 3 heteroatoms. The van der Waals surface area contributed by atoms with Crippen molar-refractivity contribution >= 4 is 5.97 Å². The molecule has 18 heavy (non-hydrogen) atoms. The Balaban J connectivity index is 2.76. The molecular weight excluding hydrogens is 226 g/mol. The first-order chi connectivity index (χ1) is 8.43. The third kappa shape index (κ3) is 4.15. The Morgan fingerprint density at radius 1 is 1.39 bits per heavy atom. The van der Waals surface area contributed by atoms with Crippen LogP contribution < -0.4 is 0 Å². The van der Waals surface area contributed by atoms with Crippen LogP contribution in [0, 0.1) is 13.8 Å². The maximum Gasteiger partial charge on any atom is 0.304 e. The molecule has 0 heterocycles. The van der Waals surface area contributed by atoms with Crippen LogP contribution in [-0.4, -0.2) is 28.6 Å². The van der Waals surface area contributed by atoms with E-state index in [1.54, 1.807) is 0 Å². The van der Waals surface area contributed by atoms with Crippen LogP contribution in [0.15, 0.2) is 18.2 Å². The van der Waals surface area contributed by atoms with Crippen molar-refractivity contribution in [1.29, 1.82) is 0 Å². The molecule has 0 bridgehead atoms. The van der Waals surface area contributed by atoms with Gasteiger partial charge in [0.15, 0.2) is 0 Å². The normalized spacial score (nSPS) is 12.7. The summed E-state index contributed by atoms with van der Waals surface area (Å²) >= 11 is 0. The second kappa shape index (κ2) is 6.55. The summed E-state index contributed by atoms with van der Waals surface area (Å²) < 4.78 is 0. The first-order valence-electron chi connectivity index (χ1n) is 6.46. The lowest BCUT2D eigenvalue weighted by Gasteiger charge is -2.27. The van der Waals surface area contributed by atoms with E-state index in [-0.39, 0.29) is 12.5 Å². The summed E-state index contributed by atoms with van der Waals surface area (Å²) in [5.41, 5.74) is 3.81. The molecule has 3 nitrogen and oxygen atoms in total. The fourth-order valence-corrected chi connectivity index (χ4v) is 2.20. The minimum Gasteiger partial charge on any atom is -0.481 e. The third-order valence-electron chi connectivity index (χ3n) is 3.37. The quantitative estimate of drug-likeness (QED) is 0.842. The molecule has 0 aliphatic heterocycles. The number of carbonyl (C=O) groups is 1. The Labute approximate surface area is 109 Å². The zero-order chi connectivity index (χ0) is 13.7. The average molecular weight is 249 g/mol. The zero-order valence-corrected chi connectivity index (χ0v) is 11.7. The van der Waals surface area contributed by atoms with Gasteiger partial charge < -0.3 is 5.11 Å². The summed E-state index contributed by atoms with van der Waals surface area (Å²) in [4.78, 5) is 13.0. The maximum atomic E-state index is 10.8. The van der Waals surface area contributed by atoms with Crippen LogP contribution in [0.1, 0.15) is 37.0 Å². The predicted octanol–water partition coefficient (Wildman–Crippen LogP) is 2.99. The van der Waals surface area contributed by atoms with Crippen LogP contribution >= 0.6 is 0 Å². The minimum atomic E-state index is -0.735. The topological polar surface area (TPSA) is 40.5 Å². The predicted molar refractivity (Wildman–Crippen MR) is 73.7 cm³/mol. The van der Waals surface area contributed by atoms with Crippen LogP contribution in [0.25, 0.3) is 0 Å². The van der Waals surface area contributed by atoms with Crippen LogP contribution in [0.4, 0.5) is 0 Å². The van der Waals surface area contributed by atoms with Gasteiger partial charge in [0, 0.05) is 12.6 Å². The van der Waals surface area contributed by atoms with E-state index in [0.717, 1.165) is 13.1 Å². The number of hydrogen-bond acceptors (Lipinski definition) is 2. The molecule has 0 aromatic heterocycles. The second-order valence-electron chi connectivity index (χ2n) is 4.94. The van der Waals surface area contributed by atoms with Gasteiger partial charge in [0.05, 0.1) is 6.42 Å². The number of nitrogens with zero attached hydrogens (tertiary/aromatic N) is 1. The molecule has 1 atom stereocenters. The zero-order valence-electron chi connectivity index (χ0n) is 11.7. The highest BCUT2D eigenvalue weighted by Crippen LogP contribution is 2.15. The average Bonchev–Trinajstić information content (AvgIpc) is 2.27. The monoisotopic (exact) mass is 249 g/mol. The highest BCUT2D eigenvalue weighted by atomic mass is 16.4. The Bertz CT molecular complexity index is 415. The van der Waals surface area contributed by atoms with Crippen molar-refractivity contribution in [1.82, 2.24) is 4.90 Å². The number of benzene rings is 1. The van der Waals surface area contributed by atoms with Gasteiger partial charge in [-0.1, -0.05) is 30.7 Å². The van der Waals surface area contributed by atoms with Crippen molar-refractivity contribution in [2.45, 2.75) is 46.7 Å². The Morgan fingerprint density at radius 3 is 2.56 bits per heavy atom. The fraction of sp³-hybridized carbons (Fsp3) is 0.533. The minimum absolute atomic E-state index is 0.0632. The standard InChI is InChI=1S/C15H23NO2/c1-5-16(13(4)9-15(17)18)10-14-7-6-11(2)8-12(14)3/h6-8,13H,5,9-10H2,1-4H3,(H,17,18). The number of hydrogen-bond donors (Lipinski definition) is 1. The van der Waals surface area contributed by atoms with Gasteiger partial charge in [-0.05, 0) is 38.4 Å². The molecule has 0 fully saturated rings. The van der Waals surface area contributed by atoms with Gasteiger partial charge in [-0.15, -0.1) is 0 Å². The molecule has 1 unspecified atom stereocenters. The van der Waals surface area contributed by atoms with E-state index in [9.17, 15) is 4.79 Å². The van der Waals surface area contributed by atoms with E-state index < -0.39 is 5.97 Å². The molecule has 0 radical (unpaired) electrons. The Hall–Kier alpha value is -1.35. The number of aryl methyl sites for hydroxylation is 2. The van der Waals surface area contributed by atoms with Crippen molar-refractivity contribution in [3.8, 4) is 0 Å². The lowest BCUT2D eigenvalue weighted by molar-refractivity contribution is -0.138. The third-order valence-corrected chi connectivity index (χ3v) is 3.37. The number of aliphatic carboxylic acids is 1. The van der Waals surface area contributed by atoms with E-state index in [1.165, 1.54) is 16.7 Å². The first-order valence-corrected chi connectivity index (χ1v) is 6.46. The molecule has 100 valence electrons. The van der Waals surface area contributed by atoms with E-state index in [4.69, 9.17) is 5.11 Å². The highest BCUT2D eigenvalue weighted by molar-refractivity contribution is 5.67. The summed E-state index contributed by atoms with van der Waals surface area (Å²) in [6, 6.07) is 6.48. The molecule has 0 saturated heterocycles. The largest absolute Gasteiger partial charge is 0.481 e. The molecule has 0 saturated carbocycles. The SMILES string of the molecule is CCN(Cc1ccc(C)cc1C)C(C)CC(=O)O. The number of rotatable bonds is 6. The molecule has 0 aliphatic carbocycles. The molecule has 1 N–H and O–H groups in total. The van der Waals surface area contributed by atoms with Gasteiger partial charge in [-0.2, -0.15) is 0 Å². The van der Waals surface area contributed by atoms with Crippen LogP contribution in [0.5, 0.6) is 0 Å². The van der Waals surface area contributed by atoms with Crippen LogP contribution in [0.3, 0.4) is 0 Å². The van der Waals surface area contributed by atoms with E-state index >= 15 is 0 Å². The molecule has 1 aromatic rings. The summed E-state index contributed by atoms with van der Waals surface area (Å²) in [6.07, 6.45) is 0.193. The van der Waals surface area contributed by atoms with Crippen LogP contribution in [-0.2, 0) is 11.3 Å². The smallest absolute Gasteiger partial charge is 0.304 e. The van der Waals surface area contributed by atoms with Gasteiger partial charge in [-0.3, -0.25) is 9.69 Å². The number of carboxylic acid groups (broad SMARTS) is 1. The maximum absolute atomic E-state index is 10.8. The lowest BCUT2D eigenvalue weighted by Crippen LogP contribution is -2.34. The van der Waals surface area contributed by atoms with Crippen molar-refractivity contribution in [2.24, 2.45) is 0 Å². The molecule has 1 rings (SSSR count). The van der Waals surface area contributed by atoms with E-state index in [2.05, 4.69) is 43.9 Å². The summed E-state index contributed by atoms with van der Waals surface area (Å²) in [5, 5.41) is 8.86. The summed E-state index contributed by atoms with van der Waals surface area (Å²) in [6.45, 7) is 9.92. The molecule has 0 aliphatic rings. The second-order valence-corrected chi connectivity index (χ2v) is 4.94. The number of carboxylic acids is 1. The first kappa shape index (κ1) is 14.7. The molecule has 0 amide bonds. The summed E-state index contributed by atoms with van der Waals surface area (Å²) in [5.74, 6) is -0.735. The van der Waals surface area contributed by atoms with E-state index in [1.807, 2.05) is 6.92 Å². The van der Waals surface area contributed by atoms with Gasteiger partial charge in [0.1, 0.15) is 0 Å². The lowest BCUT2D eigenvalue weighted by atomic mass is 10.0. The Morgan fingerprint density at radius 2 is 2.06 bits per heavy atom. The molecule has 1 aromatic carbocycles. The van der Waals surface area contributed by atoms with Crippen LogP contribution in [0.2, 0.25) is 0 Å². The van der Waals surface area contributed by atoms with Crippen molar-refractivity contribution < 1.29 is 9.90 Å². The van der Waals surface area contributed by atoms with Crippen molar-refractivity contribution in [2.75, 3.05) is 6.54 Å². The Kier molecular flexibility index (Phi) is 5.35. The van der Waals surface area contributed by atoms with E-state index in [0.29, 0.717) is 0 Å². The summed E-state index contributed by atoms with van der Waals surface area (Å²) in [7, 11) is 0. The highest BCUT2D eigenvalue weighted by Gasteiger charge is 2.16. The molecule has 0 spiro atoms. The van der Waals surface area contributed by atoms with Gasteiger partial charge in [0.2, 0.25) is 0 Å². The van der Waals surface area contributed by atoms with Gasteiger partial charge >= 0.3 is 5.97 Å². The van der Waals surface area contributed by atoms with Gasteiger partial charge in [-0.25, -0.2) is 0 Å². The van der Waals surface area contributed by atoms with Crippen molar-refractivity contribution in [3.05, 3.63) is 34.9 Å².